The summed E-state index contributed by atoms with van der Waals surface area (Å²) in [5.74, 6) is 0. The van der Waals surface area contributed by atoms with Gasteiger partial charge in [-0.2, -0.15) is 0 Å². The Labute approximate surface area is 406 Å². The number of anilines is 4. The third-order valence-corrected chi connectivity index (χ3v) is 13.5. The van der Waals surface area contributed by atoms with Gasteiger partial charge >= 0.3 is 0 Å². The lowest BCUT2D eigenvalue weighted by atomic mass is 9.82. The second kappa shape index (κ2) is 23.0. The van der Waals surface area contributed by atoms with E-state index < -0.39 is 0 Å². The van der Waals surface area contributed by atoms with Crippen LogP contribution in [0.25, 0.3) is 42.4 Å². The highest BCUT2D eigenvalue weighted by molar-refractivity contribution is 7.26. The van der Waals surface area contributed by atoms with Crippen molar-refractivity contribution in [2.45, 2.75) is 80.6 Å². The van der Waals surface area contributed by atoms with Gasteiger partial charge in [0.05, 0.1) is 0 Å². The van der Waals surface area contributed by atoms with Gasteiger partial charge in [0.25, 0.3) is 0 Å². The van der Waals surface area contributed by atoms with Crippen molar-refractivity contribution in [3.63, 3.8) is 0 Å². The first-order valence-corrected chi connectivity index (χ1v) is 24.2. The molecule has 340 valence electrons. The fraction of sp³-hybridized carbons (Fsp3) is 0.188. The zero-order chi connectivity index (χ0) is 46.6. The molecule has 0 fully saturated rings. The summed E-state index contributed by atoms with van der Waals surface area (Å²) in [7, 11) is 0. The summed E-state index contributed by atoms with van der Waals surface area (Å²) in [4.78, 5) is 2.39. The highest BCUT2D eigenvalue weighted by atomic mass is 32.1. The van der Waals surface area contributed by atoms with Crippen LogP contribution in [-0.2, 0) is 5.41 Å². The zero-order valence-electron chi connectivity index (χ0n) is 39.9. The van der Waals surface area contributed by atoms with Crippen LogP contribution in [0.4, 0.5) is 22.7 Å². The number of nitrogens with zero attached hydrogens (tertiary/aromatic N) is 1. The maximum atomic E-state index is 4.38. The predicted molar refractivity (Wildman–Crippen MR) is 301 cm³/mol. The van der Waals surface area contributed by atoms with Gasteiger partial charge < -0.3 is 10.2 Å². The Morgan fingerprint density at radius 2 is 1.40 bits per heavy atom. The third kappa shape index (κ3) is 10.9. The van der Waals surface area contributed by atoms with E-state index in [4.69, 9.17) is 0 Å². The Morgan fingerprint density at radius 3 is 2.15 bits per heavy atom. The summed E-state index contributed by atoms with van der Waals surface area (Å²) in [6.45, 7) is 22.9. The zero-order valence-corrected chi connectivity index (χ0v) is 40.7. The van der Waals surface area contributed by atoms with E-state index in [0.29, 0.717) is 0 Å². The molecule has 1 N–H and O–H groups in total. The monoisotopic (exact) mass is 897 g/mol. The number of benzene rings is 6. The van der Waals surface area contributed by atoms with Crippen LogP contribution >= 0.6 is 11.3 Å². The second-order valence-electron chi connectivity index (χ2n) is 17.0. The molecular weight excluding hydrogens is 829 g/mol. The van der Waals surface area contributed by atoms with Gasteiger partial charge in [-0.25, -0.2) is 0 Å². The number of rotatable bonds is 12. The van der Waals surface area contributed by atoms with Crippen molar-refractivity contribution < 1.29 is 0 Å². The third-order valence-electron chi connectivity index (χ3n) is 12.2. The fourth-order valence-electron chi connectivity index (χ4n) is 8.95. The van der Waals surface area contributed by atoms with E-state index in [0.717, 1.165) is 53.3 Å². The summed E-state index contributed by atoms with van der Waals surface area (Å²) < 4.78 is 2.67. The minimum Gasteiger partial charge on any atom is -0.355 e. The molecule has 1 aromatic heterocycles. The highest BCUT2D eigenvalue weighted by Crippen LogP contribution is 2.52. The molecule has 0 atom stereocenters. The molecule has 0 saturated heterocycles. The molecule has 3 heteroatoms. The summed E-state index contributed by atoms with van der Waals surface area (Å²) in [6.07, 6.45) is 23.9. The molecule has 0 amide bonds. The molecule has 1 heterocycles. The van der Waals surface area contributed by atoms with Crippen molar-refractivity contribution in [1.82, 2.24) is 0 Å². The van der Waals surface area contributed by atoms with Crippen LogP contribution < -0.4 is 10.2 Å². The first kappa shape index (κ1) is 49.5. The first-order chi connectivity index (χ1) is 32.2. The molecule has 0 spiro atoms. The summed E-state index contributed by atoms with van der Waals surface area (Å²) in [5, 5.41) is 6.42. The Bertz CT molecular complexity index is 3020. The quantitative estimate of drug-likeness (QED) is 0.0971. The van der Waals surface area contributed by atoms with E-state index in [9.17, 15) is 0 Å². The number of thiophene rings is 1. The fourth-order valence-corrected chi connectivity index (χ4v) is 10.2. The van der Waals surface area contributed by atoms with E-state index in [1.165, 1.54) is 64.7 Å². The minimum atomic E-state index is -0.157. The number of fused-ring (bicyclic) bond motifs is 6. The molecule has 2 nitrogen and oxygen atoms in total. The van der Waals surface area contributed by atoms with E-state index in [1.807, 2.05) is 63.3 Å². The van der Waals surface area contributed by atoms with Gasteiger partial charge in [-0.1, -0.05) is 193 Å². The Kier molecular flexibility index (Phi) is 17.0. The lowest BCUT2D eigenvalue weighted by molar-refractivity contribution is 0.660. The van der Waals surface area contributed by atoms with Gasteiger partial charge in [0.1, 0.15) is 0 Å². The van der Waals surface area contributed by atoms with Crippen LogP contribution in [0.2, 0.25) is 0 Å². The van der Waals surface area contributed by atoms with Gasteiger partial charge in [-0.15, -0.1) is 11.3 Å². The van der Waals surface area contributed by atoms with E-state index in [2.05, 4.69) is 214 Å². The molecule has 7 aromatic rings. The van der Waals surface area contributed by atoms with Gasteiger partial charge in [0, 0.05) is 59.6 Å². The SMILES string of the molecule is C.C=C(/C=C\C=C/C)C1=CCCC=C1Nc1ccc2c(c1)-c1ccc(N(c3ccccc3)c3ccc(-c4cccc5c4sc4ccccc45)cc3)cc1C2(C)C.C=C/C=C(\C)C/C=C\C.CC. The van der Waals surface area contributed by atoms with Crippen molar-refractivity contribution in [2.75, 3.05) is 10.2 Å². The molecule has 0 unspecified atom stereocenters. The van der Waals surface area contributed by atoms with Gasteiger partial charge in [0.15, 0.2) is 0 Å². The molecule has 0 saturated carbocycles. The van der Waals surface area contributed by atoms with Crippen molar-refractivity contribution in [1.29, 1.82) is 0 Å². The Balaban J connectivity index is 0.000000556. The van der Waals surface area contributed by atoms with Crippen LogP contribution in [0.1, 0.15) is 86.3 Å². The largest absolute Gasteiger partial charge is 0.355 e. The van der Waals surface area contributed by atoms with E-state index in [-0.39, 0.29) is 12.8 Å². The molecule has 6 aromatic carbocycles. The highest BCUT2D eigenvalue weighted by Gasteiger charge is 2.36. The first-order valence-electron chi connectivity index (χ1n) is 23.4. The van der Waals surface area contributed by atoms with Crippen LogP contribution in [0.5, 0.6) is 0 Å². The molecule has 2 aliphatic rings. The molecule has 2 aliphatic carbocycles. The number of hydrogen-bond acceptors (Lipinski definition) is 3. The van der Waals surface area contributed by atoms with Gasteiger partial charge in [0.2, 0.25) is 0 Å². The van der Waals surface area contributed by atoms with Crippen LogP contribution in [0.3, 0.4) is 0 Å². The maximum Gasteiger partial charge on any atom is 0.0465 e. The number of hydrogen-bond donors (Lipinski definition) is 1. The topological polar surface area (TPSA) is 15.3 Å². The van der Waals surface area contributed by atoms with Crippen molar-refractivity contribution in [3.05, 3.63) is 241 Å². The van der Waals surface area contributed by atoms with Crippen LogP contribution in [-0.4, -0.2) is 0 Å². The molecule has 0 aliphatic heterocycles. The standard InChI is InChI=1S/C52H44N2S.C9H14.C2H6.CH4/c1-5-6-8-16-35(2)41-19-11-13-23-49(41)53-37-27-32-47-46(33-37)43-31-30-40(34-48(43)52(47,3)4)54(38-17-9-7-10-18-38)39-28-25-36(26-29-39)42-21-15-22-45-44-20-12-14-24-50(44)55-51(42)45;1-4-6-8-9(3)7-5-2;1-2;/h5-10,12,14-34,53H,2,11,13H2,1,3-4H3;4-7H,2,8H2,1,3H3;1-2H3;1H4/b6-5-,16-8-;6-4-,9-7+;;. The molecule has 0 radical (unpaired) electrons. The van der Waals surface area contributed by atoms with E-state index >= 15 is 0 Å². The molecule has 67 heavy (non-hydrogen) atoms. The number of allylic oxidation sites excluding steroid dienone is 12. The minimum absolute atomic E-state index is 0. The van der Waals surface area contributed by atoms with E-state index in [1.54, 1.807) is 0 Å². The van der Waals surface area contributed by atoms with Crippen LogP contribution in [0.15, 0.2) is 230 Å². The summed E-state index contributed by atoms with van der Waals surface area (Å²) >= 11 is 1.88. The molecule has 0 bridgehead atoms. The average Bonchev–Trinajstić information content (AvgIpc) is 3.84. The van der Waals surface area contributed by atoms with Crippen molar-refractivity contribution in [3.8, 4) is 22.3 Å². The normalized spacial score (nSPS) is 13.7. The van der Waals surface area contributed by atoms with Gasteiger partial charge in [-0.3, -0.25) is 0 Å². The van der Waals surface area contributed by atoms with Crippen LogP contribution in [0, 0.1) is 0 Å². The maximum absolute atomic E-state index is 4.38. The Hall–Kier alpha value is -6.94. The van der Waals surface area contributed by atoms with Crippen molar-refractivity contribution in [2.24, 2.45) is 0 Å². The predicted octanol–water partition coefficient (Wildman–Crippen LogP) is 19.9. The molecule has 9 rings (SSSR count). The lowest BCUT2D eigenvalue weighted by Crippen LogP contribution is -2.16. The average molecular weight is 897 g/mol. The summed E-state index contributed by atoms with van der Waals surface area (Å²) in [5.41, 5.74) is 16.8. The number of nitrogens with one attached hydrogen (secondary N) is 1. The molecular formula is C64H68N2S. The Morgan fingerprint density at radius 1 is 0.701 bits per heavy atom. The lowest BCUT2D eigenvalue weighted by Gasteiger charge is -2.28. The van der Waals surface area contributed by atoms with Crippen molar-refractivity contribution >= 4 is 54.3 Å². The number of para-hydroxylation sites is 1. The second-order valence-corrected chi connectivity index (χ2v) is 18.0. The summed E-state index contributed by atoms with van der Waals surface area (Å²) in [6, 6.07) is 49.1. The van der Waals surface area contributed by atoms with Gasteiger partial charge in [-0.05, 0) is 134 Å². The smallest absolute Gasteiger partial charge is 0.0465 e.